The van der Waals surface area contributed by atoms with E-state index in [9.17, 15) is 0 Å². The predicted molar refractivity (Wildman–Crippen MR) is 82.9 cm³/mol. The summed E-state index contributed by atoms with van der Waals surface area (Å²) in [5.74, 6) is 1.86. The van der Waals surface area contributed by atoms with E-state index in [1.54, 1.807) is 6.26 Å². The first-order chi connectivity index (χ1) is 10.8. The van der Waals surface area contributed by atoms with Crippen LogP contribution in [-0.4, -0.2) is 38.2 Å². The predicted octanol–water partition coefficient (Wildman–Crippen LogP) is 2.01. The van der Waals surface area contributed by atoms with Gasteiger partial charge in [-0.15, -0.1) is 0 Å². The Hall–Kier alpha value is -2.32. The van der Waals surface area contributed by atoms with E-state index in [2.05, 4.69) is 30.6 Å². The molecule has 116 valence electrons. The summed E-state index contributed by atoms with van der Waals surface area (Å²) in [4.78, 5) is 15.7. The van der Waals surface area contributed by atoms with E-state index < -0.39 is 0 Å². The van der Waals surface area contributed by atoms with Gasteiger partial charge in [0.2, 0.25) is 11.2 Å². The third kappa shape index (κ3) is 3.29. The van der Waals surface area contributed by atoms with E-state index in [1.165, 1.54) is 0 Å². The molecule has 0 saturated carbocycles. The van der Waals surface area contributed by atoms with Gasteiger partial charge >= 0.3 is 0 Å². The molecule has 0 spiro atoms. The van der Waals surface area contributed by atoms with Crippen molar-refractivity contribution >= 4 is 34.5 Å². The van der Waals surface area contributed by atoms with Crippen LogP contribution in [0.2, 0.25) is 5.28 Å². The van der Waals surface area contributed by atoms with Crippen LogP contribution in [0, 0.1) is 0 Å². The van der Waals surface area contributed by atoms with E-state index in [-0.39, 0.29) is 11.9 Å². The van der Waals surface area contributed by atoms with Crippen molar-refractivity contribution in [3.63, 3.8) is 0 Å². The monoisotopic (exact) mass is 322 g/mol. The van der Waals surface area contributed by atoms with Crippen LogP contribution in [0.3, 0.4) is 0 Å². The quantitative estimate of drug-likeness (QED) is 0.389. The maximum Gasteiger partial charge on any atom is 0.226 e. The van der Waals surface area contributed by atoms with Gasteiger partial charge in [0.25, 0.3) is 0 Å². The highest BCUT2D eigenvalue weighted by Gasteiger charge is 2.12. The molecule has 9 heteroatoms. The zero-order chi connectivity index (χ0) is 15.4. The lowest BCUT2D eigenvalue weighted by Crippen LogP contribution is -2.04. The minimum atomic E-state index is 0.120. The molecule has 0 aliphatic rings. The largest absolute Gasteiger partial charge is 0.467 e. The number of halogens is 1. The second kappa shape index (κ2) is 6.63. The highest BCUT2D eigenvalue weighted by Crippen LogP contribution is 2.22. The highest BCUT2D eigenvalue weighted by atomic mass is 35.5. The molecule has 3 heterocycles. The van der Waals surface area contributed by atoms with Crippen LogP contribution in [0.15, 0.2) is 22.8 Å². The first-order valence-electron chi connectivity index (χ1n) is 6.80. The van der Waals surface area contributed by atoms with Crippen molar-refractivity contribution in [1.29, 1.82) is 0 Å². The Morgan fingerprint density at radius 3 is 2.95 bits per heavy atom. The van der Waals surface area contributed by atoms with Crippen molar-refractivity contribution in [2.75, 3.05) is 23.8 Å². The molecule has 3 aromatic rings. The van der Waals surface area contributed by atoms with Crippen LogP contribution in [0.25, 0.3) is 11.2 Å². The van der Waals surface area contributed by atoms with Gasteiger partial charge in [0.15, 0.2) is 17.0 Å². The molecule has 0 amide bonds. The molecule has 0 aromatic carbocycles. The van der Waals surface area contributed by atoms with Crippen molar-refractivity contribution in [1.82, 2.24) is 19.9 Å². The molecule has 0 bridgehead atoms. The number of rotatable bonds is 7. The number of aromatic amines is 1. The lowest BCUT2D eigenvalue weighted by atomic mass is 10.4. The molecule has 0 aliphatic heterocycles. The Kier molecular flexibility index (Phi) is 4.40. The topological polar surface area (TPSA) is 112 Å². The van der Waals surface area contributed by atoms with Crippen LogP contribution in [0.4, 0.5) is 11.8 Å². The third-order valence-corrected chi connectivity index (χ3v) is 3.12. The van der Waals surface area contributed by atoms with E-state index >= 15 is 0 Å². The first-order valence-corrected chi connectivity index (χ1v) is 7.18. The van der Waals surface area contributed by atoms with Crippen LogP contribution < -0.4 is 10.6 Å². The van der Waals surface area contributed by atoms with Gasteiger partial charge in [-0.25, -0.2) is 4.98 Å². The van der Waals surface area contributed by atoms with Crippen molar-refractivity contribution in [3.8, 4) is 0 Å². The normalized spacial score (nSPS) is 11.0. The summed E-state index contributed by atoms with van der Waals surface area (Å²) in [6.07, 6.45) is 2.24. The lowest BCUT2D eigenvalue weighted by molar-refractivity contribution is 0.292. The Morgan fingerprint density at radius 2 is 2.18 bits per heavy atom. The van der Waals surface area contributed by atoms with E-state index in [0.29, 0.717) is 42.4 Å². The van der Waals surface area contributed by atoms with Crippen molar-refractivity contribution in [2.45, 2.75) is 13.0 Å². The minimum Gasteiger partial charge on any atom is -0.467 e. The minimum absolute atomic E-state index is 0.120. The molecule has 0 aliphatic carbocycles. The number of anilines is 2. The van der Waals surface area contributed by atoms with E-state index in [1.807, 2.05) is 12.1 Å². The molecule has 8 nitrogen and oxygen atoms in total. The lowest BCUT2D eigenvalue weighted by Gasteiger charge is -2.04. The summed E-state index contributed by atoms with van der Waals surface area (Å²) in [5.41, 5.74) is 1.12. The zero-order valence-corrected chi connectivity index (χ0v) is 12.4. The Bertz CT molecular complexity index is 742. The van der Waals surface area contributed by atoms with Crippen LogP contribution >= 0.6 is 11.6 Å². The average molecular weight is 323 g/mol. The molecule has 0 unspecified atom stereocenters. The van der Waals surface area contributed by atoms with Crippen molar-refractivity contribution in [3.05, 3.63) is 29.4 Å². The molecule has 4 N–H and O–H groups in total. The Labute approximate surface area is 130 Å². The van der Waals surface area contributed by atoms with Gasteiger partial charge in [0.1, 0.15) is 5.76 Å². The molecule has 0 atom stereocenters. The SMILES string of the molecule is OCCCNc1nc2c(NCc3ccco3)nc(Cl)nc2[nH]1. The number of fused-ring (bicyclic) bond motifs is 1. The first kappa shape index (κ1) is 14.6. The number of hydrogen-bond donors (Lipinski definition) is 4. The fraction of sp³-hybridized carbons (Fsp3) is 0.308. The fourth-order valence-corrected chi connectivity index (χ4v) is 2.12. The Balaban J connectivity index is 1.81. The second-order valence-electron chi connectivity index (χ2n) is 4.56. The standard InChI is InChI=1S/C13H15ClN6O2/c14-12-18-10(16-7-8-3-1-6-22-8)9-11(19-12)20-13(17-9)15-4-2-5-21/h1,3,6,21H,2,4-5,7H2,(H3,15,16,17,18,19,20). The van der Waals surface area contributed by atoms with Gasteiger partial charge in [-0.1, -0.05) is 0 Å². The maximum atomic E-state index is 8.80. The highest BCUT2D eigenvalue weighted by molar-refractivity contribution is 6.28. The smallest absolute Gasteiger partial charge is 0.226 e. The summed E-state index contributed by atoms with van der Waals surface area (Å²) >= 11 is 5.93. The summed E-state index contributed by atoms with van der Waals surface area (Å²) in [5, 5.41) is 15.1. The number of imidazole rings is 1. The fourth-order valence-electron chi connectivity index (χ4n) is 1.95. The molecule has 0 radical (unpaired) electrons. The van der Waals surface area contributed by atoms with Gasteiger partial charge < -0.3 is 25.1 Å². The Morgan fingerprint density at radius 1 is 1.27 bits per heavy atom. The zero-order valence-electron chi connectivity index (χ0n) is 11.6. The summed E-state index contributed by atoms with van der Waals surface area (Å²) in [6.45, 7) is 1.19. The second-order valence-corrected chi connectivity index (χ2v) is 4.90. The molecular formula is C13H15ClN6O2. The summed E-state index contributed by atoms with van der Waals surface area (Å²) in [6, 6.07) is 3.68. The van der Waals surface area contributed by atoms with Gasteiger partial charge in [0.05, 0.1) is 12.8 Å². The number of furan rings is 1. The summed E-state index contributed by atoms with van der Waals surface area (Å²) < 4.78 is 5.27. The van der Waals surface area contributed by atoms with Crippen LogP contribution in [0.1, 0.15) is 12.2 Å². The van der Waals surface area contributed by atoms with E-state index in [0.717, 1.165) is 5.76 Å². The van der Waals surface area contributed by atoms with Gasteiger partial charge in [-0.2, -0.15) is 9.97 Å². The summed E-state index contributed by atoms with van der Waals surface area (Å²) in [7, 11) is 0. The van der Waals surface area contributed by atoms with Crippen molar-refractivity contribution < 1.29 is 9.52 Å². The number of H-pyrrole nitrogens is 1. The van der Waals surface area contributed by atoms with Crippen LogP contribution in [0.5, 0.6) is 0 Å². The maximum absolute atomic E-state index is 8.80. The number of aliphatic hydroxyl groups is 1. The molecule has 3 rings (SSSR count). The van der Waals surface area contributed by atoms with Gasteiger partial charge in [-0.3, -0.25) is 0 Å². The molecule has 3 aromatic heterocycles. The molecular weight excluding hydrogens is 308 g/mol. The molecule has 0 fully saturated rings. The number of nitrogens with one attached hydrogen (secondary N) is 3. The molecule has 22 heavy (non-hydrogen) atoms. The third-order valence-electron chi connectivity index (χ3n) is 2.95. The van der Waals surface area contributed by atoms with Crippen molar-refractivity contribution in [2.24, 2.45) is 0 Å². The number of nitrogens with zero attached hydrogens (tertiary/aromatic N) is 3. The molecule has 0 saturated heterocycles. The number of aliphatic hydroxyl groups excluding tert-OH is 1. The number of aromatic nitrogens is 4. The van der Waals surface area contributed by atoms with E-state index in [4.69, 9.17) is 21.1 Å². The van der Waals surface area contributed by atoms with Gasteiger partial charge in [0, 0.05) is 13.2 Å². The van der Waals surface area contributed by atoms with Gasteiger partial charge in [-0.05, 0) is 30.2 Å². The number of hydrogen-bond acceptors (Lipinski definition) is 7. The average Bonchev–Trinajstić information content (AvgIpc) is 3.14. The van der Waals surface area contributed by atoms with Crippen LogP contribution in [-0.2, 0) is 6.54 Å².